The van der Waals surface area contributed by atoms with Gasteiger partial charge >= 0.3 is 18.0 Å². The van der Waals surface area contributed by atoms with Gasteiger partial charge in [0, 0.05) is 0 Å². The molecule has 2 amide bonds. The number of aromatic carboxylic acids is 2. The Labute approximate surface area is 225 Å². The predicted octanol–water partition coefficient (Wildman–Crippen LogP) is 6.54. The van der Waals surface area contributed by atoms with E-state index in [0.29, 0.717) is 22.7 Å². The Hall–Kier alpha value is -6.11. The molecule has 40 heavy (non-hydrogen) atoms. The Balaban J connectivity index is 1.50. The number of carbonyl (C=O) groups is 3. The van der Waals surface area contributed by atoms with Gasteiger partial charge in [-0.05, 0) is 84.9 Å². The quantitative estimate of drug-likeness (QED) is 0.155. The van der Waals surface area contributed by atoms with Crippen molar-refractivity contribution >= 4 is 52.1 Å². The third-order valence-electron chi connectivity index (χ3n) is 5.42. The third kappa shape index (κ3) is 6.23. The molecule has 0 saturated carbocycles. The van der Waals surface area contributed by atoms with E-state index in [1.54, 1.807) is 48.5 Å². The molecule has 0 heterocycles. The number of carboxylic acids is 2. The van der Waals surface area contributed by atoms with Crippen LogP contribution in [0, 0.1) is 0 Å². The van der Waals surface area contributed by atoms with Gasteiger partial charge < -0.3 is 26.2 Å². The molecule has 0 aliphatic rings. The molecule has 13 heteroatoms. The average Bonchev–Trinajstić information content (AvgIpc) is 2.93. The lowest BCUT2D eigenvalue weighted by molar-refractivity contribution is 0.0682. The molecule has 6 N–H and O–H groups in total. The maximum atomic E-state index is 12.2. The topological polar surface area (TPSA) is 211 Å². The van der Waals surface area contributed by atoms with Crippen LogP contribution in [-0.2, 0) is 0 Å². The van der Waals surface area contributed by atoms with Gasteiger partial charge in [-0.1, -0.05) is 0 Å². The first kappa shape index (κ1) is 26.9. The van der Waals surface area contributed by atoms with E-state index < -0.39 is 18.0 Å². The smallest absolute Gasteiger partial charge is 0.339 e. The molecule has 4 aromatic carbocycles. The van der Waals surface area contributed by atoms with Gasteiger partial charge in [0.1, 0.15) is 22.6 Å². The maximum absolute atomic E-state index is 12.2. The van der Waals surface area contributed by atoms with Crippen LogP contribution >= 0.6 is 0 Å². The molecule has 0 aliphatic carbocycles. The SMILES string of the molecule is NC(=O)N(c1ccc(N=Nc2ccc(O)c(C(=O)O)c2)cc1)c1ccc(N=Nc2ccc(O)c(C(=O)O)c2)cc1. The van der Waals surface area contributed by atoms with Crippen LogP contribution < -0.4 is 10.6 Å². The minimum atomic E-state index is -1.30. The van der Waals surface area contributed by atoms with Crippen molar-refractivity contribution in [3.05, 3.63) is 96.1 Å². The lowest BCUT2D eigenvalue weighted by Crippen LogP contribution is -2.31. The second kappa shape index (κ2) is 11.5. The van der Waals surface area contributed by atoms with Crippen LogP contribution in [0.3, 0.4) is 0 Å². The number of rotatable bonds is 8. The summed E-state index contributed by atoms with van der Waals surface area (Å²) in [5, 5.41) is 53.5. The van der Waals surface area contributed by atoms with E-state index in [4.69, 9.17) is 15.9 Å². The minimum Gasteiger partial charge on any atom is -0.507 e. The Bertz CT molecular complexity index is 1530. The first-order valence-corrected chi connectivity index (χ1v) is 11.4. The zero-order chi connectivity index (χ0) is 28.8. The van der Waals surface area contributed by atoms with Gasteiger partial charge in [0.05, 0.1) is 34.1 Å². The van der Waals surface area contributed by atoms with Gasteiger partial charge in [-0.2, -0.15) is 20.5 Å². The largest absolute Gasteiger partial charge is 0.507 e. The number of urea groups is 1. The second-order valence-electron chi connectivity index (χ2n) is 8.12. The number of hydrogen-bond acceptors (Lipinski definition) is 9. The van der Waals surface area contributed by atoms with Crippen LogP contribution in [0.15, 0.2) is 105 Å². The molecule has 0 aliphatic heterocycles. The van der Waals surface area contributed by atoms with E-state index in [0.717, 1.165) is 0 Å². The van der Waals surface area contributed by atoms with Crippen molar-refractivity contribution in [3.8, 4) is 11.5 Å². The number of phenols is 2. The summed E-state index contributed by atoms with van der Waals surface area (Å²) in [6.45, 7) is 0. The molecule has 200 valence electrons. The van der Waals surface area contributed by atoms with Gasteiger partial charge in [0.15, 0.2) is 0 Å². The van der Waals surface area contributed by atoms with Crippen molar-refractivity contribution in [1.82, 2.24) is 0 Å². The number of primary amides is 1. The fourth-order valence-corrected chi connectivity index (χ4v) is 3.49. The van der Waals surface area contributed by atoms with Crippen LogP contribution in [0.5, 0.6) is 11.5 Å². The predicted molar refractivity (Wildman–Crippen MR) is 143 cm³/mol. The molecule has 0 fully saturated rings. The third-order valence-corrected chi connectivity index (χ3v) is 5.42. The maximum Gasteiger partial charge on any atom is 0.339 e. The van der Waals surface area contributed by atoms with Crippen molar-refractivity contribution in [3.63, 3.8) is 0 Å². The van der Waals surface area contributed by atoms with E-state index >= 15 is 0 Å². The highest BCUT2D eigenvalue weighted by Gasteiger charge is 2.15. The van der Waals surface area contributed by atoms with E-state index in [-0.39, 0.29) is 34.0 Å². The fraction of sp³-hybridized carbons (Fsp3) is 0. The molecule has 0 atom stereocenters. The standard InChI is InChI=1S/C27H20N6O7/c28-27(40)33(19-7-1-15(2-8-19)29-31-17-5-11-23(34)21(13-17)25(36)37)20-9-3-16(4-10-20)30-32-18-6-12-24(35)22(14-18)26(38)39/h1-14,34-35H,(H2,28,40)(H,36,37)(H,38,39). The Morgan fingerprint density at radius 3 is 1.20 bits per heavy atom. The summed E-state index contributed by atoms with van der Waals surface area (Å²) in [5.41, 5.74) is 7.15. The van der Waals surface area contributed by atoms with Crippen molar-refractivity contribution in [2.45, 2.75) is 0 Å². The lowest BCUT2D eigenvalue weighted by Gasteiger charge is -2.20. The summed E-state index contributed by atoms with van der Waals surface area (Å²) in [4.78, 5) is 35.8. The van der Waals surface area contributed by atoms with Gasteiger partial charge in [-0.25, -0.2) is 14.4 Å². The summed E-state index contributed by atoms with van der Waals surface area (Å²) in [6, 6.07) is 19.6. The van der Waals surface area contributed by atoms with E-state index in [2.05, 4.69) is 20.5 Å². The summed E-state index contributed by atoms with van der Waals surface area (Å²) in [7, 11) is 0. The Morgan fingerprint density at radius 1 is 0.550 bits per heavy atom. The highest BCUT2D eigenvalue weighted by molar-refractivity contribution is 5.98. The first-order chi connectivity index (χ1) is 19.1. The van der Waals surface area contributed by atoms with Gasteiger partial charge in [-0.15, -0.1) is 0 Å². The van der Waals surface area contributed by atoms with Crippen molar-refractivity contribution < 1.29 is 34.8 Å². The fourth-order valence-electron chi connectivity index (χ4n) is 3.49. The van der Waals surface area contributed by atoms with Gasteiger partial charge in [0.25, 0.3) is 0 Å². The molecule has 0 saturated heterocycles. The zero-order valence-electron chi connectivity index (χ0n) is 20.4. The molecule has 4 aromatic rings. The summed E-state index contributed by atoms with van der Waals surface area (Å²) in [5.74, 6) is -3.36. The zero-order valence-corrected chi connectivity index (χ0v) is 20.4. The average molecular weight is 540 g/mol. The molecule has 4 rings (SSSR count). The van der Waals surface area contributed by atoms with E-state index in [1.807, 2.05) is 0 Å². The molecule has 0 unspecified atom stereocenters. The van der Waals surface area contributed by atoms with Gasteiger partial charge in [0.2, 0.25) is 0 Å². The minimum absolute atomic E-state index is 0.225. The highest BCUT2D eigenvalue weighted by atomic mass is 16.4. The highest BCUT2D eigenvalue weighted by Crippen LogP contribution is 2.31. The lowest BCUT2D eigenvalue weighted by atomic mass is 10.2. The van der Waals surface area contributed by atoms with Crippen molar-refractivity contribution in [2.24, 2.45) is 26.2 Å². The molecule has 0 aromatic heterocycles. The van der Waals surface area contributed by atoms with E-state index in [9.17, 15) is 24.6 Å². The Morgan fingerprint density at radius 2 is 0.875 bits per heavy atom. The van der Waals surface area contributed by atoms with Crippen LogP contribution in [0.4, 0.5) is 38.9 Å². The summed E-state index contributed by atoms with van der Waals surface area (Å²) in [6.07, 6.45) is 0. The Kier molecular flexibility index (Phi) is 7.76. The normalized spacial score (nSPS) is 11.1. The number of amides is 2. The molecule has 13 nitrogen and oxygen atoms in total. The number of carboxylic acid groups (broad SMARTS) is 2. The number of nitrogens with two attached hydrogens (primary N) is 1. The molecule has 0 spiro atoms. The second-order valence-corrected chi connectivity index (χ2v) is 8.12. The number of carbonyl (C=O) groups excluding carboxylic acids is 1. The number of nitrogens with zero attached hydrogens (tertiary/aromatic N) is 5. The van der Waals surface area contributed by atoms with Crippen LogP contribution in [-0.4, -0.2) is 38.4 Å². The number of benzene rings is 4. The molecule has 0 radical (unpaired) electrons. The van der Waals surface area contributed by atoms with E-state index in [1.165, 1.54) is 41.3 Å². The van der Waals surface area contributed by atoms with Gasteiger partial charge in [-0.3, -0.25) is 4.90 Å². The molecular weight excluding hydrogens is 520 g/mol. The van der Waals surface area contributed by atoms with Crippen LogP contribution in [0.2, 0.25) is 0 Å². The first-order valence-electron chi connectivity index (χ1n) is 11.4. The van der Waals surface area contributed by atoms with Crippen LogP contribution in [0.1, 0.15) is 20.7 Å². The number of anilines is 2. The van der Waals surface area contributed by atoms with Crippen molar-refractivity contribution in [1.29, 1.82) is 0 Å². The van der Waals surface area contributed by atoms with Crippen molar-refractivity contribution in [2.75, 3.05) is 4.90 Å². The number of hydrogen-bond donors (Lipinski definition) is 5. The summed E-state index contributed by atoms with van der Waals surface area (Å²) < 4.78 is 0. The molecular formula is C27H20N6O7. The van der Waals surface area contributed by atoms with Crippen LogP contribution in [0.25, 0.3) is 0 Å². The monoisotopic (exact) mass is 540 g/mol. The number of azo groups is 2. The summed E-state index contributed by atoms with van der Waals surface area (Å²) >= 11 is 0. The number of aromatic hydroxyl groups is 2. The molecule has 0 bridgehead atoms.